The van der Waals surface area contributed by atoms with E-state index in [4.69, 9.17) is 0 Å². The second-order valence-corrected chi connectivity index (χ2v) is 5.09. The Morgan fingerprint density at radius 3 is 2.31 bits per heavy atom. The fourth-order valence-electron chi connectivity index (χ4n) is 2.24. The van der Waals surface area contributed by atoms with Crippen LogP contribution in [0.2, 0.25) is 0 Å². The van der Waals surface area contributed by atoms with Crippen molar-refractivity contribution >= 4 is 5.78 Å². The SMILES string of the molecule is C[C@H]1CC=CCCCCCCCCCC1=O. The Kier molecular flexibility index (Phi) is 7.20. The first kappa shape index (κ1) is 13.5. The second-order valence-electron chi connectivity index (χ2n) is 5.09. The number of rotatable bonds is 0. The van der Waals surface area contributed by atoms with Crippen LogP contribution in [0.5, 0.6) is 0 Å². The summed E-state index contributed by atoms with van der Waals surface area (Å²) in [4.78, 5) is 11.8. The topological polar surface area (TPSA) is 17.1 Å². The maximum absolute atomic E-state index is 11.8. The summed E-state index contributed by atoms with van der Waals surface area (Å²) >= 11 is 0. The number of allylic oxidation sites excluding steroid dienone is 2. The van der Waals surface area contributed by atoms with Crippen molar-refractivity contribution in [2.45, 2.75) is 71.1 Å². The molecule has 0 aromatic carbocycles. The molecule has 0 aromatic heterocycles. The van der Waals surface area contributed by atoms with Crippen molar-refractivity contribution in [3.63, 3.8) is 0 Å². The van der Waals surface area contributed by atoms with Crippen molar-refractivity contribution in [3.8, 4) is 0 Å². The molecule has 0 radical (unpaired) electrons. The zero-order chi connectivity index (χ0) is 11.6. The van der Waals surface area contributed by atoms with Crippen LogP contribution in [0.25, 0.3) is 0 Å². The lowest BCUT2D eigenvalue weighted by atomic mass is 9.96. The molecule has 1 rings (SSSR count). The van der Waals surface area contributed by atoms with Gasteiger partial charge in [0.1, 0.15) is 5.78 Å². The fraction of sp³-hybridized carbons (Fsp3) is 0.800. The minimum Gasteiger partial charge on any atom is -0.299 e. The van der Waals surface area contributed by atoms with Gasteiger partial charge in [-0.25, -0.2) is 0 Å². The third-order valence-corrected chi connectivity index (χ3v) is 3.50. The highest BCUT2D eigenvalue weighted by Gasteiger charge is 2.10. The minimum atomic E-state index is 0.235. The van der Waals surface area contributed by atoms with Gasteiger partial charge in [-0.15, -0.1) is 0 Å². The molecule has 1 aliphatic rings. The van der Waals surface area contributed by atoms with Crippen molar-refractivity contribution in [2.24, 2.45) is 5.92 Å². The van der Waals surface area contributed by atoms with Crippen LogP contribution in [-0.4, -0.2) is 5.78 Å². The van der Waals surface area contributed by atoms with Crippen molar-refractivity contribution < 1.29 is 4.79 Å². The summed E-state index contributed by atoms with van der Waals surface area (Å²) in [6, 6.07) is 0. The van der Waals surface area contributed by atoms with Gasteiger partial charge >= 0.3 is 0 Å². The average molecular weight is 222 g/mol. The summed E-state index contributed by atoms with van der Waals surface area (Å²) < 4.78 is 0. The lowest BCUT2D eigenvalue weighted by Gasteiger charge is -2.08. The third-order valence-electron chi connectivity index (χ3n) is 3.50. The predicted molar refractivity (Wildman–Crippen MR) is 69.5 cm³/mol. The van der Waals surface area contributed by atoms with Gasteiger partial charge in [0.05, 0.1) is 0 Å². The summed E-state index contributed by atoms with van der Waals surface area (Å²) in [6.45, 7) is 2.07. The van der Waals surface area contributed by atoms with E-state index in [1.807, 2.05) is 0 Å². The van der Waals surface area contributed by atoms with Crippen molar-refractivity contribution in [1.82, 2.24) is 0 Å². The molecule has 0 aliphatic heterocycles. The molecule has 0 amide bonds. The van der Waals surface area contributed by atoms with Gasteiger partial charge in [0.25, 0.3) is 0 Å². The molecule has 0 spiro atoms. The van der Waals surface area contributed by atoms with Gasteiger partial charge in [0.2, 0.25) is 0 Å². The normalized spacial score (nSPS) is 26.3. The molecule has 92 valence electrons. The quantitative estimate of drug-likeness (QED) is 0.545. The largest absolute Gasteiger partial charge is 0.299 e. The molecule has 1 atom stereocenters. The van der Waals surface area contributed by atoms with E-state index in [1.165, 1.54) is 44.9 Å². The Morgan fingerprint density at radius 1 is 0.938 bits per heavy atom. The van der Waals surface area contributed by atoms with Crippen molar-refractivity contribution in [2.75, 3.05) is 0 Å². The van der Waals surface area contributed by atoms with Crippen LogP contribution in [-0.2, 0) is 4.79 Å². The second kappa shape index (κ2) is 8.55. The highest BCUT2D eigenvalue weighted by Crippen LogP contribution is 2.15. The molecule has 0 saturated carbocycles. The van der Waals surface area contributed by atoms with Crippen LogP contribution in [0.1, 0.15) is 71.1 Å². The standard InChI is InChI=1S/C15H26O/c1-14-12-10-8-6-4-2-3-5-7-9-11-13-15(14)16/h8,10,14H,2-7,9,11-13H2,1H3/t14-/m0/s1. The van der Waals surface area contributed by atoms with E-state index in [0.29, 0.717) is 5.78 Å². The molecule has 0 heterocycles. The van der Waals surface area contributed by atoms with E-state index in [9.17, 15) is 4.79 Å². The zero-order valence-corrected chi connectivity index (χ0v) is 10.7. The number of hydrogen-bond donors (Lipinski definition) is 0. The Balaban J connectivity index is 2.34. The highest BCUT2D eigenvalue weighted by atomic mass is 16.1. The number of ketones is 1. The molecular formula is C15H26O. The Bertz CT molecular complexity index is 217. The first-order valence-corrected chi connectivity index (χ1v) is 6.98. The van der Waals surface area contributed by atoms with Crippen LogP contribution >= 0.6 is 0 Å². The first-order chi connectivity index (χ1) is 7.80. The van der Waals surface area contributed by atoms with Gasteiger partial charge in [-0.2, -0.15) is 0 Å². The number of hydrogen-bond acceptors (Lipinski definition) is 1. The van der Waals surface area contributed by atoms with Gasteiger partial charge in [-0.05, 0) is 25.7 Å². The summed E-state index contributed by atoms with van der Waals surface area (Å²) in [5.74, 6) is 0.695. The average Bonchev–Trinajstić information content (AvgIpc) is 2.29. The van der Waals surface area contributed by atoms with Crippen LogP contribution in [0.3, 0.4) is 0 Å². The number of carbonyl (C=O) groups is 1. The molecule has 1 nitrogen and oxygen atoms in total. The highest BCUT2D eigenvalue weighted by molar-refractivity contribution is 5.80. The predicted octanol–water partition coefficient (Wildman–Crippen LogP) is 4.66. The monoisotopic (exact) mass is 222 g/mol. The third kappa shape index (κ3) is 6.09. The van der Waals surface area contributed by atoms with Crippen LogP contribution in [0.4, 0.5) is 0 Å². The molecule has 0 aromatic rings. The van der Waals surface area contributed by atoms with Gasteiger partial charge in [-0.1, -0.05) is 51.2 Å². The summed E-state index contributed by atoms with van der Waals surface area (Å²) in [6.07, 6.45) is 16.5. The smallest absolute Gasteiger partial charge is 0.136 e. The van der Waals surface area contributed by atoms with Gasteiger partial charge in [-0.3, -0.25) is 4.79 Å². The van der Waals surface area contributed by atoms with E-state index in [-0.39, 0.29) is 5.92 Å². The number of Topliss-reactive ketones (excluding diaryl/α,β-unsaturated/α-hetero) is 1. The van der Waals surface area contributed by atoms with E-state index in [0.717, 1.165) is 19.3 Å². The van der Waals surface area contributed by atoms with Gasteiger partial charge in [0, 0.05) is 12.3 Å². The maximum atomic E-state index is 11.8. The van der Waals surface area contributed by atoms with Crippen LogP contribution < -0.4 is 0 Å². The number of carbonyl (C=O) groups excluding carboxylic acids is 1. The lowest BCUT2D eigenvalue weighted by molar-refractivity contribution is -0.122. The summed E-state index contributed by atoms with van der Waals surface area (Å²) in [5, 5.41) is 0. The molecule has 0 bridgehead atoms. The Labute approximate surface area is 100 Å². The minimum absolute atomic E-state index is 0.235. The van der Waals surface area contributed by atoms with E-state index < -0.39 is 0 Å². The van der Waals surface area contributed by atoms with Gasteiger partial charge in [0.15, 0.2) is 0 Å². The molecule has 0 N–H and O–H groups in total. The van der Waals surface area contributed by atoms with Crippen molar-refractivity contribution in [1.29, 1.82) is 0 Å². The van der Waals surface area contributed by atoms with Crippen LogP contribution in [0.15, 0.2) is 12.2 Å². The summed E-state index contributed by atoms with van der Waals surface area (Å²) in [7, 11) is 0. The summed E-state index contributed by atoms with van der Waals surface area (Å²) in [5.41, 5.74) is 0. The first-order valence-electron chi connectivity index (χ1n) is 6.98. The van der Waals surface area contributed by atoms with Crippen LogP contribution in [0, 0.1) is 5.92 Å². The molecular weight excluding hydrogens is 196 g/mol. The Morgan fingerprint density at radius 2 is 1.56 bits per heavy atom. The van der Waals surface area contributed by atoms with Gasteiger partial charge < -0.3 is 0 Å². The molecule has 0 saturated heterocycles. The molecule has 16 heavy (non-hydrogen) atoms. The van der Waals surface area contributed by atoms with E-state index >= 15 is 0 Å². The fourth-order valence-corrected chi connectivity index (χ4v) is 2.24. The molecule has 1 heteroatoms. The Hall–Kier alpha value is -0.590. The molecule has 1 aliphatic carbocycles. The maximum Gasteiger partial charge on any atom is 0.136 e. The van der Waals surface area contributed by atoms with E-state index in [1.54, 1.807) is 0 Å². The molecule has 0 fully saturated rings. The molecule has 0 unspecified atom stereocenters. The van der Waals surface area contributed by atoms with Crippen molar-refractivity contribution in [3.05, 3.63) is 12.2 Å². The van der Waals surface area contributed by atoms with E-state index in [2.05, 4.69) is 19.1 Å². The lowest BCUT2D eigenvalue weighted by Crippen LogP contribution is -2.09. The zero-order valence-electron chi connectivity index (χ0n) is 10.7.